The van der Waals surface area contributed by atoms with Gasteiger partial charge in [0.1, 0.15) is 0 Å². The van der Waals surface area contributed by atoms with E-state index in [1.165, 1.54) is 112 Å². The minimum absolute atomic E-state index is 0.0166. The van der Waals surface area contributed by atoms with Crippen molar-refractivity contribution in [2.75, 3.05) is 0 Å². The number of unbranched alkanes of at least 4 members (excludes halogenated alkanes) is 4. The second kappa shape index (κ2) is 38.5. The van der Waals surface area contributed by atoms with Crippen molar-refractivity contribution in [1.82, 2.24) is 18.3 Å². The third-order valence-electron chi connectivity index (χ3n) is 17.4. The monoisotopic (exact) mass is 1490 g/mol. The molecule has 485 valence electrons. The van der Waals surface area contributed by atoms with Crippen molar-refractivity contribution in [3.8, 4) is 41.8 Å². The van der Waals surface area contributed by atoms with Gasteiger partial charge in [0, 0.05) is 47.7 Å². The summed E-state index contributed by atoms with van der Waals surface area (Å²) in [5, 5.41) is 4.41. The molecule has 0 aliphatic rings. The third-order valence-corrected chi connectivity index (χ3v) is 23.4. The Morgan fingerprint density at radius 2 is 0.697 bits per heavy atom. The predicted molar refractivity (Wildman–Crippen MR) is 404 cm³/mol. The summed E-state index contributed by atoms with van der Waals surface area (Å²) in [7, 11) is 11.6. The molecular weight excluding hydrogens is 1400 g/mol. The number of fused-ring (bicyclic) bond motifs is 2. The maximum absolute atomic E-state index is 13.7. The number of alkyl halides is 3. The van der Waals surface area contributed by atoms with Crippen molar-refractivity contribution >= 4 is 155 Å². The molecule has 0 amide bonds. The number of thiophene rings is 4. The Hall–Kier alpha value is -2.84. The number of aryl methyl sites for hydroxylation is 4. The molecule has 0 saturated heterocycles. The van der Waals surface area contributed by atoms with Crippen LogP contribution in [0.1, 0.15) is 180 Å². The van der Waals surface area contributed by atoms with E-state index in [0.29, 0.717) is 45.9 Å². The molecule has 1 radical (unpaired) electrons. The molecule has 0 spiro atoms. The summed E-state index contributed by atoms with van der Waals surface area (Å²) in [5.41, 5.74) is 10.8. The summed E-state index contributed by atoms with van der Waals surface area (Å²) >= 11 is 31.7. The summed E-state index contributed by atoms with van der Waals surface area (Å²) in [4.78, 5) is 58.5. The second-order valence-corrected chi connectivity index (χ2v) is 32.3. The van der Waals surface area contributed by atoms with Crippen molar-refractivity contribution in [1.29, 1.82) is 0 Å². The van der Waals surface area contributed by atoms with E-state index in [-0.39, 0.29) is 22.2 Å². The first-order valence-electron chi connectivity index (χ1n) is 31.7. The fourth-order valence-electron chi connectivity index (χ4n) is 11.7. The van der Waals surface area contributed by atoms with E-state index < -0.39 is 4.30 Å². The Balaban J connectivity index is 0.000000293. The number of nitrogens with zero attached hydrogens (tertiary/aromatic N) is 5. The number of thiol groups is 1. The van der Waals surface area contributed by atoms with Gasteiger partial charge in [0.25, 0.3) is 22.2 Å². The van der Waals surface area contributed by atoms with Gasteiger partial charge in [-0.3, -0.25) is 19.2 Å². The summed E-state index contributed by atoms with van der Waals surface area (Å²) in [6.45, 7) is 18.0. The zero-order chi connectivity index (χ0) is 65.6. The number of halogens is 5. The molecule has 0 aromatic carbocycles. The van der Waals surface area contributed by atoms with Gasteiger partial charge in [-0.2, -0.15) is 0 Å². The van der Waals surface area contributed by atoms with Crippen molar-refractivity contribution < 1.29 is 0 Å². The van der Waals surface area contributed by atoms with Crippen molar-refractivity contribution in [3.05, 3.63) is 131 Å². The maximum atomic E-state index is 13.7. The van der Waals surface area contributed by atoms with Gasteiger partial charge in [-0.05, 0) is 163 Å². The van der Waals surface area contributed by atoms with E-state index in [1.54, 1.807) is 63.6 Å². The van der Waals surface area contributed by atoms with Crippen LogP contribution in [0.4, 0.5) is 0 Å². The van der Waals surface area contributed by atoms with Gasteiger partial charge in [0.15, 0.2) is 4.30 Å². The van der Waals surface area contributed by atoms with E-state index in [1.807, 2.05) is 52.5 Å². The van der Waals surface area contributed by atoms with Crippen LogP contribution < -0.4 is 22.2 Å². The zero-order valence-corrected chi connectivity index (χ0v) is 63.8. The number of pyridine rings is 4. The third kappa shape index (κ3) is 21.1. The fraction of sp³-hybridized carbons (Fsp3) is 0.536. The van der Waals surface area contributed by atoms with E-state index >= 15 is 0 Å². The second-order valence-electron chi connectivity index (χ2n) is 23.5. The molecule has 0 bridgehead atoms. The Morgan fingerprint density at radius 1 is 0.449 bits per heavy atom. The van der Waals surface area contributed by atoms with Crippen molar-refractivity contribution in [3.63, 3.8) is 0 Å². The van der Waals surface area contributed by atoms with Crippen LogP contribution in [0.3, 0.4) is 0 Å². The molecule has 8 aromatic rings. The standard InChI is InChI=1S/C34H44Br2N2O2S2.C34H46N2O2S2.CHCl3.BHNS/c1-7-11-13-21(9-3)15-23-17-29(41-31(23)35)25-19-27-28(37(5)33(25)39)20-26(34(40)38(27)6)30-18-24(32(36)42-30)16-22(10-4)14-12-8-2;1-7-11-13-23(9-3)15-25-17-31(39-21-25)27-19-29-30(35(5)33(27)37)20-28(34(38)36(29)6)32-18-26(22-40-32)16-24(10-4)14-12-8-2;2-1(3)4;1-2-3/h17-22H,7-16H2,1-6H3;17-24H,7-16H2,1-6H3;1H;3H. The van der Waals surface area contributed by atoms with Crippen LogP contribution >= 0.6 is 125 Å². The molecule has 0 N–H and O–H groups in total. The Kier molecular flexibility index (Phi) is 33.3. The first-order chi connectivity index (χ1) is 42.6. The van der Waals surface area contributed by atoms with Crippen molar-refractivity contribution in [2.24, 2.45) is 56.2 Å². The predicted octanol–water partition coefficient (Wildman–Crippen LogP) is 22.1. The Morgan fingerprint density at radius 3 is 0.944 bits per heavy atom. The molecule has 8 rings (SSSR count). The van der Waals surface area contributed by atoms with E-state index in [4.69, 9.17) is 34.8 Å². The van der Waals surface area contributed by atoms with Crippen LogP contribution in [0.15, 0.2) is 90.3 Å². The van der Waals surface area contributed by atoms with Crippen LogP contribution in [0.2, 0.25) is 0 Å². The van der Waals surface area contributed by atoms with E-state index in [9.17, 15) is 19.2 Å². The molecule has 89 heavy (non-hydrogen) atoms. The molecule has 0 aliphatic carbocycles. The Labute approximate surface area is 584 Å². The van der Waals surface area contributed by atoms with Gasteiger partial charge >= 0.3 is 24.8 Å². The van der Waals surface area contributed by atoms with Crippen LogP contribution in [0.5, 0.6) is 0 Å². The molecule has 9 nitrogen and oxygen atoms in total. The average molecular weight is 1490 g/mol. The molecule has 8 aromatic heterocycles. The zero-order valence-electron chi connectivity index (χ0n) is 54.2. The van der Waals surface area contributed by atoms with Gasteiger partial charge in [0.2, 0.25) is 0 Å². The van der Waals surface area contributed by atoms with E-state index in [0.717, 1.165) is 87.7 Å². The molecule has 0 fully saturated rings. The summed E-state index contributed by atoms with van der Waals surface area (Å²) in [6.07, 6.45) is 23.7. The summed E-state index contributed by atoms with van der Waals surface area (Å²) in [5.74, 6) is 2.65. The first-order valence-corrected chi connectivity index (χ1v) is 38.4. The first kappa shape index (κ1) is 76.9. The average Bonchev–Trinajstić information content (AvgIpc) is 1.92. The number of hydrogen-bond acceptors (Lipinski definition) is 10. The number of hydrogen-bond donors (Lipinski definition) is 1. The quantitative estimate of drug-likeness (QED) is 0.0300. The van der Waals surface area contributed by atoms with Gasteiger partial charge in [-0.15, -0.1) is 45.3 Å². The fourth-order valence-corrected chi connectivity index (χ4v) is 17.0. The minimum atomic E-state index is -0.750. The molecule has 4 unspecified atom stereocenters. The molecule has 0 saturated carbocycles. The Bertz CT molecular complexity index is 3560. The summed E-state index contributed by atoms with van der Waals surface area (Å²) in [6, 6.07) is 16.4. The van der Waals surface area contributed by atoms with Gasteiger partial charge in [-0.25, -0.2) is 0 Å². The van der Waals surface area contributed by atoms with Crippen molar-refractivity contribution in [2.45, 2.75) is 188 Å². The molecule has 8 heterocycles. The topological polar surface area (TPSA) is 100 Å². The normalized spacial score (nSPS) is 12.7. The van der Waals surface area contributed by atoms with Crippen LogP contribution in [-0.4, -0.2) is 30.2 Å². The van der Waals surface area contributed by atoms with Gasteiger partial charge < -0.3 is 18.3 Å². The van der Waals surface area contributed by atoms with Gasteiger partial charge in [-0.1, -0.05) is 193 Å². The van der Waals surface area contributed by atoms with E-state index in [2.05, 4.69) is 147 Å². The molecular formula is C69H92BBr2Cl3N5O4S5. The molecule has 0 aliphatic heterocycles. The van der Waals surface area contributed by atoms with Crippen LogP contribution in [-0.2, 0) is 53.9 Å². The van der Waals surface area contributed by atoms with Gasteiger partial charge in [0.05, 0.1) is 51.9 Å². The van der Waals surface area contributed by atoms with Crippen LogP contribution in [0, 0.1) is 23.7 Å². The van der Waals surface area contributed by atoms with Crippen LogP contribution in [0.25, 0.3) is 63.8 Å². The molecule has 20 heteroatoms. The SMILES string of the molecule is CCCCC(CC)Cc1cc(-c2cc3c(cc(-c4cc(CC(CC)CCCC)c(Br)s4)c(=O)n3C)n(C)c2=O)sc1Br.CCCCC(CC)Cc1csc(-c2cc3c(cc(-c4cc(CC(CC)CCCC)cs4)c(=O)n3C)n(C)c2=O)c1.ClC(Cl)Cl.[B]=NS. The number of rotatable bonds is 28. The molecule has 4 atom stereocenters. The summed E-state index contributed by atoms with van der Waals surface area (Å²) < 4.78 is 11.0. The number of aromatic nitrogens is 4.